The highest BCUT2D eigenvalue weighted by Crippen LogP contribution is 2.23. The standard InChI is InChI=1S/C14H18ClNO3/c15-12-3-1-2-11(10-12)13(14(17)18)4-5-16-6-8-19-9-7-16/h1-3,10,13H,4-9H2,(H,17,18)/t13-/m1/s1. The number of rotatable bonds is 5. The lowest BCUT2D eigenvalue weighted by Gasteiger charge is -2.27. The fourth-order valence-corrected chi connectivity index (χ4v) is 2.49. The molecule has 1 aliphatic rings. The van der Waals surface area contributed by atoms with Gasteiger partial charge in [0.2, 0.25) is 0 Å². The van der Waals surface area contributed by atoms with Crippen LogP contribution in [0.5, 0.6) is 0 Å². The van der Waals surface area contributed by atoms with Crippen LogP contribution in [0.1, 0.15) is 17.9 Å². The summed E-state index contributed by atoms with van der Waals surface area (Å²) in [5.41, 5.74) is 0.772. The van der Waals surface area contributed by atoms with Gasteiger partial charge in [0.1, 0.15) is 0 Å². The lowest BCUT2D eigenvalue weighted by Crippen LogP contribution is -2.37. The molecule has 1 aromatic rings. The Bertz CT molecular complexity index is 432. The van der Waals surface area contributed by atoms with Crippen LogP contribution in [0.3, 0.4) is 0 Å². The zero-order valence-corrected chi connectivity index (χ0v) is 11.5. The van der Waals surface area contributed by atoms with Gasteiger partial charge in [-0.25, -0.2) is 0 Å². The van der Waals surface area contributed by atoms with Crippen LogP contribution >= 0.6 is 11.6 Å². The van der Waals surface area contributed by atoms with E-state index < -0.39 is 11.9 Å². The lowest BCUT2D eigenvalue weighted by molar-refractivity contribution is -0.139. The van der Waals surface area contributed by atoms with Crippen LogP contribution in [0.4, 0.5) is 0 Å². The summed E-state index contributed by atoms with van der Waals surface area (Å²) in [5.74, 6) is -1.29. The molecule has 5 heteroatoms. The largest absolute Gasteiger partial charge is 0.481 e. The van der Waals surface area contributed by atoms with E-state index in [0.29, 0.717) is 11.4 Å². The fraction of sp³-hybridized carbons (Fsp3) is 0.500. The van der Waals surface area contributed by atoms with Crippen molar-refractivity contribution >= 4 is 17.6 Å². The smallest absolute Gasteiger partial charge is 0.311 e. The molecule has 1 atom stereocenters. The molecule has 1 saturated heterocycles. The molecular weight excluding hydrogens is 266 g/mol. The lowest BCUT2D eigenvalue weighted by atomic mass is 9.95. The molecule has 0 amide bonds. The molecule has 0 aliphatic carbocycles. The number of nitrogens with zero attached hydrogens (tertiary/aromatic N) is 1. The van der Waals surface area contributed by atoms with Gasteiger partial charge in [-0.1, -0.05) is 23.7 Å². The summed E-state index contributed by atoms with van der Waals surface area (Å²) in [4.78, 5) is 13.6. The third-order valence-electron chi connectivity index (χ3n) is 3.39. The molecule has 1 fully saturated rings. The molecule has 0 unspecified atom stereocenters. The summed E-state index contributed by atoms with van der Waals surface area (Å²) in [5, 5.41) is 9.94. The second kappa shape index (κ2) is 6.89. The van der Waals surface area contributed by atoms with Gasteiger partial charge in [-0.05, 0) is 30.7 Å². The van der Waals surface area contributed by atoms with E-state index in [4.69, 9.17) is 16.3 Å². The van der Waals surface area contributed by atoms with Crippen LogP contribution in [0.15, 0.2) is 24.3 Å². The van der Waals surface area contributed by atoms with Crippen molar-refractivity contribution in [3.8, 4) is 0 Å². The fourth-order valence-electron chi connectivity index (χ4n) is 2.29. The molecule has 0 aromatic heterocycles. The van der Waals surface area contributed by atoms with E-state index in [-0.39, 0.29) is 0 Å². The molecule has 0 saturated carbocycles. The van der Waals surface area contributed by atoms with E-state index in [1.807, 2.05) is 6.07 Å². The number of morpholine rings is 1. The number of carbonyl (C=O) groups is 1. The number of ether oxygens (including phenoxy) is 1. The maximum absolute atomic E-state index is 11.4. The zero-order valence-electron chi connectivity index (χ0n) is 10.7. The van der Waals surface area contributed by atoms with Crippen molar-refractivity contribution in [3.05, 3.63) is 34.9 Å². The van der Waals surface area contributed by atoms with Crippen LogP contribution in [-0.2, 0) is 9.53 Å². The van der Waals surface area contributed by atoms with Crippen molar-refractivity contribution in [1.29, 1.82) is 0 Å². The average molecular weight is 284 g/mol. The minimum atomic E-state index is -0.796. The van der Waals surface area contributed by atoms with E-state index in [2.05, 4.69) is 4.90 Å². The van der Waals surface area contributed by atoms with Gasteiger partial charge in [0.05, 0.1) is 19.1 Å². The predicted octanol–water partition coefficient (Wildman–Crippen LogP) is 2.23. The number of carboxylic acids is 1. The van der Waals surface area contributed by atoms with Crippen molar-refractivity contribution < 1.29 is 14.6 Å². The SMILES string of the molecule is O=C(O)[C@H](CCN1CCOCC1)c1cccc(Cl)c1. The summed E-state index contributed by atoms with van der Waals surface area (Å²) in [7, 11) is 0. The first kappa shape index (κ1) is 14.3. The molecule has 0 spiro atoms. The van der Waals surface area contributed by atoms with Gasteiger partial charge in [0, 0.05) is 18.1 Å². The van der Waals surface area contributed by atoms with E-state index >= 15 is 0 Å². The topological polar surface area (TPSA) is 49.8 Å². The van der Waals surface area contributed by atoms with E-state index in [1.54, 1.807) is 18.2 Å². The third kappa shape index (κ3) is 4.20. The summed E-state index contributed by atoms with van der Waals surface area (Å²) in [6.45, 7) is 3.99. The highest BCUT2D eigenvalue weighted by Gasteiger charge is 2.21. The molecule has 104 valence electrons. The number of hydrogen-bond donors (Lipinski definition) is 1. The quantitative estimate of drug-likeness (QED) is 0.900. The zero-order chi connectivity index (χ0) is 13.7. The Hall–Kier alpha value is -1.10. The summed E-state index contributed by atoms with van der Waals surface area (Å²) in [6, 6.07) is 7.11. The maximum atomic E-state index is 11.4. The number of carboxylic acid groups (broad SMARTS) is 1. The Kier molecular flexibility index (Phi) is 5.19. The molecule has 19 heavy (non-hydrogen) atoms. The van der Waals surface area contributed by atoms with Crippen LogP contribution in [0, 0.1) is 0 Å². The van der Waals surface area contributed by atoms with Crippen LogP contribution in [0.25, 0.3) is 0 Å². The van der Waals surface area contributed by atoms with Gasteiger partial charge in [0.25, 0.3) is 0 Å². The van der Waals surface area contributed by atoms with Gasteiger partial charge < -0.3 is 9.84 Å². The summed E-state index contributed by atoms with van der Waals surface area (Å²) in [6.07, 6.45) is 0.593. The highest BCUT2D eigenvalue weighted by atomic mass is 35.5. The van der Waals surface area contributed by atoms with Gasteiger partial charge >= 0.3 is 5.97 Å². The number of aliphatic carboxylic acids is 1. The Morgan fingerprint density at radius 1 is 1.42 bits per heavy atom. The summed E-state index contributed by atoms with van der Waals surface area (Å²) < 4.78 is 5.28. The van der Waals surface area contributed by atoms with Crippen LogP contribution in [0.2, 0.25) is 5.02 Å². The first-order valence-electron chi connectivity index (χ1n) is 6.45. The molecule has 1 aromatic carbocycles. The Morgan fingerprint density at radius 2 is 2.16 bits per heavy atom. The minimum Gasteiger partial charge on any atom is -0.481 e. The molecule has 2 rings (SSSR count). The van der Waals surface area contributed by atoms with Gasteiger partial charge in [-0.2, -0.15) is 0 Å². The van der Waals surface area contributed by atoms with Crippen LogP contribution in [-0.4, -0.2) is 48.8 Å². The van der Waals surface area contributed by atoms with Crippen LogP contribution < -0.4 is 0 Å². The van der Waals surface area contributed by atoms with Gasteiger partial charge in [-0.15, -0.1) is 0 Å². The molecule has 1 aliphatic heterocycles. The first-order chi connectivity index (χ1) is 9.16. The highest BCUT2D eigenvalue weighted by molar-refractivity contribution is 6.30. The predicted molar refractivity (Wildman–Crippen MR) is 73.7 cm³/mol. The third-order valence-corrected chi connectivity index (χ3v) is 3.62. The Labute approximate surface area is 117 Å². The number of halogens is 1. The normalized spacial score (nSPS) is 18.2. The van der Waals surface area contributed by atoms with Crippen molar-refractivity contribution in [1.82, 2.24) is 4.90 Å². The van der Waals surface area contributed by atoms with Gasteiger partial charge in [0.15, 0.2) is 0 Å². The van der Waals surface area contributed by atoms with E-state index in [9.17, 15) is 9.90 Å². The second-order valence-electron chi connectivity index (χ2n) is 4.69. The van der Waals surface area contributed by atoms with Crippen molar-refractivity contribution in [2.24, 2.45) is 0 Å². The first-order valence-corrected chi connectivity index (χ1v) is 6.83. The second-order valence-corrected chi connectivity index (χ2v) is 5.12. The number of benzene rings is 1. The molecule has 1 N–H and O–H groups in total. The Balaban J connectivity index is 1.98. The maximum Gasteiger partial charge on any atom is 0.311 e. The monoisotopic (exact) mass is 283 g/mol. The molecule has 4 nitrogen and oxygen atoms in total. The van der Waals surface area contributed by atoms with E-state index in [0.717, 1.165) is 38.4 Å². The molecule has 1 heterocycles. The van der Waals surface area contributed by atoms with E-state index in [1.165, 1.54) is 0 Å². The molecule has 0 bridgehead atoms. The van der Waals surface area contributed by atoms with Gasteiger partial charge in [-0.3, -0.25) is 9.69 Å². The minimum absolute atomic E-state index is 0.499. The van der Waals surface area contributed by atoms with Crippen molar-refractivity contribution in [3.63, 3.8) is 0 Å². The molecular formula is C14H18ClNO3. The average Bonchev–Trinajstić information content (AvgIpc) is 2.40. The van der Waals surface area contributed by atoms with Crippen molar-refractivity contribution in [2.75, 3.05) is 32.8 Å². The number of hydrogen-bond acceptors (Lipinski definition) is 3. The summed E-state index contributed by atoms with van der Waals surface area (Å²) >= 11 is 5.92. The Morgan fingerprint density at radius 3 is 2.79 bits per heavy atom. The molecule has 0 radical (unpaired) electrons. The van der Waals surface area contributed by atoms with Crippen molar-refractivity contribution in [2.45, 2.75) is 12.3 Å².